The Hall–Kier alpha value is -9.56. The van der Waals surface area contributed by atoms with Gasteiger partial charge in [0, 0.05) is 51.8 Å². The molecule has 5 nitrogen and oxygen atoms in total. The first-order valence-electron chi connectivity index (χ1n) is 44.8. The lowest BCUT2D eigenvalue weighted by Gasteiger charge is -2.46. The highest BCUT2D eigenvalue weighted by Crippen LogP contribution is 2.66. The first-order chi connectivity index (χ1) is 56.9. The zero-order valence-corrected chi connectivity index (χ0v) is 69.9. The predicted molar refractivity (Wildman–Crippen MR) is 478 cm³/mol. The number of anilines is 1. The maximum absolute atomic E-state index is 15.4. The van der Waals surface area contributed by atoms with Crippen LogP contribution in [0.4, 0.5) is 14.5 Å². The molecule has 0 spiro atoms. The molecule has 0 saturated heterocycles. The lowest BCUT2D eigenvalue weighted by atomic mass is 9.57. The van der Waals surface area contributed by atoms with E-state index in [0.717, 1.165) is 162 Å². The SMILES string of the molecule is C=Cc1ccc(OC2C=CC(C3(C4=CCC(F)CC4)C4=C(CCC=C4)C4=C3C=C(C3CC=C(N(C5=CC6OC7=C(C=CC(N(C8=CC=C(C(C)(C)C)CC8)c8ccc(-c9ccc%10c(c9)C(C9=CCC(OC%11C=CC(C=C)CC%11)C=C9)(c9ccc(F)cc9)C9=C%10C=CCC9)cc8)C7)C6C=C5)C5=CCC(C(C)(C)C)CC5)CC3)CC4)CC2)cc1. The molecule has 0 N–H and O–H groups in total. The minimum Gasteiger partial charge on any atom is -0.489 e. The monoisotopic (exact) mass is 1550 g/mol. The Morgan fingerprint density at radius 3 is 2.09 bits per heavy atom. The van der Waals surface area contributed by atoms with Gasteiger partial charge in [-0.25, -0.2) is 8.78 Å². The van der Waals surface area contributed by atoms with E-state index in [-0.39, 0.29) is 64.4 Å². The molecule has 600 valence electrons. The standard InChI is InChI=1S/C110H118F2N2O3/c1-9-71-19-55-91(56-20-71)115-93-59-37-81(38-60-93)109(79-29-41-83(111)42-30-79)101-17-13-11-15-95(101)97-63-27-75(67-103(97)109)73-23-45-85(46-24-73)113(87-49-33-77(34-50-87)107(3,4)5)89-53-65-99-100-66-54-90(70-106(100)117-105(99)69-89)114(88-51-35-78(36-52-88)108(6,7)8)86-47-25-74(26-48-86)76-28-64-98-96-16-12-14-18-102(96)110(104(98)68-76,80-31-43-84(112)44-32-80)82-39-61-94(62-40-82)116-92-57-21-72(10-2)22-58-92/h9-11,14-15,18-19,21-24,27,29-31,33,37-39,41-42,45-47,49,51,53-55,57-59,61,63,65-68,70-71,74,78,82,84,89,91,93-94,100,106H,1-2,12-13,16-17,20,25-26,28,32,34-36,40,43-44,48,50,52,56,60,62,64,69H2,3-8H3. The zero-order valence-electron chi connectivity index (χ0n) is 69.9. The van der Waals surface area contributed by atoms with Crippen LogP contribution in [0.5, 0.6) is 5.75 Å². The molecule has 117 heavy (non-hydrogen) atoms. The van der Waals surface area contributed by atoms with E-state index in [4.69, 9.17) is 14.2 Å². The Morgan fingerprint density at radius 1 is 0.607 bits per heavy atom. The minimum atomic E-state index is -0.783. The largest absolute Gasteiger partial charge is 0.489 e. The number of hydrogen-bond donors (Lipinski definition) is 0. The Morgan fingerprint density at radius 2 is 1.39 bits per heavy atom. The van der Waals surface area contributed by atoms with Crippen molar-refractivity contribution in [2.75, 3.05) is 4.90 Å². The van der Waals surface area contributed by atoms with Gasteiger partial charge in [-0.3, -0.25) is 0 Å². The quantitative estimate of drug-likeness (QED) is 0.0928. The van der Waals surface area contributed by atoms with Crippen molar-refractivity contribution in [3.8, 4) is 16.9 Å². The Balaban J connectivity index is 0.597. The maximum Gasteiger partial charge on any atom is 0.129 e. The summed E-state index contributed by atoms with van der Waals surface area (Å²) in [5.41, 5.74) is 29.0. The van der Waals surface area contributed by atoms with Crippen molar-refractivity contribution < 1.29 is 23.0 Å². The van der Waals surface area contributed by atoms with Crippen molar-refractivity contribution >= 4 is 17.3 Å². The Labute approximate surface area is 696 Å². The first kappa shape index (κ1) is 77.4. The second-order valence-electron chi connectivity index (χ2n) is 38.2. The average Bonchev–Trinajstić information content (AvgIpc) is 1.55. The number of alkyl halides is 1. The van der Waals surface area contributed by atoms with Gasteiger partial charge in [0.25, 0.3) is 0 Å². The zero-order chi connectivity index (χ0) is 79.9. The van der Waals surface area contributed by atoms with Crippen molar-refractivity contribution in [3.63, 3.8) is 0 Å². The van der Waals surface area contributed by atoms with Crippen LogP contribution in [0.15, 0.2) is 328 Å². The van der Waals surface area contributed by atoms with Crippen molar-refractivity contribution in [1.29, 1.82) is 0 Å². The summed E-state index contributed by atoms with van der Waals surface area (Å²) in [7, 11) is 0. The van der Waals surface area contributed by atoms with Gasteiger partial charge in [0.2, 0.25) is 0 Å². The highest BCUT2D eigenvalue weighted by atomic mass is 19.1. The number of benzene rings is 4. The first-order valence-corrected chi connectivity index (χ1v) is 44.8. The van der Waals surface area contributed by atoms with Gasteiger partial charge in [-0.2, -0.15) is 0 Å². The van der Waals surface area contributed by atoms with E-state index in [9.17, 15) is 0 Å². The summed E-state index contributed by atoms with van der Waals surface area (Å²) in [6, 6.07) is 32.2. The highest BCUT2D eigenvalue weighted by Gasteiger charge is 2.55. The number of rotatable bonds is 18. The number of hydrogen-bond acceptors (Lipinski definition) is 5. The van der Waals surface area contributed by atoms with E-state index in [0.29, 0.717) is 30.6 Å². The fourth-order valence-electron chi connectivity index (χ4n) is 23.2. The summed E-state index contributed by atoms with van der Waals surface area (Å²) in [6.07, 6.45) is 78.5. The molecule has 0 fully saturated rings. The van der Waals surface area contributed by atoms with E-state index in [2.05, 4.69) is 265 Å². The maximum atomic E-state index is 15.4. The molecule has 7 heteroatoms. The summed E-state index contributed by atoms with van der Waals surface area (Å²) in [4.78, 5) is 5.31. The minimum absolute atomic E-state index is 0.000251. The van der Waals surface area contributed by atoms with Gasteiger partial charge in [-0.15, -0.1) is 6.58 Å². The topological polar surface area (TPSA) is 34.2 Å². The van der Waals surface area contributed by atoms with Gasteiger partial charge >= 0.3 is 0 Å². The van der Waals surface area contributed by atoms with Crippen molar-refractivity contribution in [1.82, 2.24) is 4.90 Å². The number of nitrogens with zero attached hydrogens (tertiary/aromatic N) is 2. The molecule has 13 atom stereocenters. The van der Waals surface area contributed by atoms with Crippen LogP contribution in [0.2, 0.25) is 0 Å². The second-order valence-corrected chi connectivity index (χ2v) is 38.2. The summed E-state index contributed by atoms with van der Waals surface area (Å²) < 4.78 is 51.4. The molecule has 0 bridgehead atoms. The van der Waals surface area contributed by atoms with Crippen LogP contribution in [0.3, 0.4) is 0 Å². The van der Waals surface area contributed by atoms with E-state index in [1.165, 1.54) is 90.6 Å². The van der Waals surface area contributed by atoms with Crippen LogP contribution >= 0.6 is 0 Å². The predicted octanol–water partition coefficient (Wildman–Crippen LogP) is 28.1. The van der Waals surface area contributed by atoms with Gasteiger partial charge in [0.05, 0.1) is 23.7 Å². The third-order valence-electron chi connectivity index (χ3n) is 29.5. The van der Waals surface area contributed by atoms with Gasteiger partial charge < -0.3 is 24.0 Å². The molecule has 4 aromatic rings. The molecule has 14 aliphatic carbocycles. The molecule has 1 heterocycles. The molecular formula is C110H118F2N2O3. The van der Waals surface area contributed by atoms with Crippen LogP contribution in [0.25, 0.3) is 22.8 Å². The van der Waals surface area contributed by atoms with E-state index in [1.807, 2.05) is 24.3 Å². The third-order valence-corrected chi connectivity index (χ3v) is 29.5. The second kappa shape index (κ2) is 31.6. The van der Waals surface area contributed by atoms with Crippen molar-refractivity contribution in [2.24, 2.45) is 45.8 Å². The number of ether oxygens (including phenoxy) is 3. The van der Waals surface area contributed by atoms with Crippen LogP contribution in [0.1, 0.15) is 211 Å². The summed E-state index contributed by atoms with van der Waals surface area (Å²) in [6.45, 7) is 22.3. The van der Waals surface area contributed by atoms with Crippen LogP contribution in [0, 0.1) is 51.7 Å². The molecule has 0 saturated carbocycles. The molecule has 13 unspecified atom stereocenters. The van der Waals surface area contributed by atoms with E-state index < -0.39 is 11.6 Å². The lowest BCUT2D eigenvalue weighted by Crippen LogP contribution is -2.38. The average molecular weight is 1550 g/mol. The van der Waals surface area contributed by atoms with E-state index >= 15 is 8.78 Å². The third kappa shape index (κ3) is 14.4. The van der Waals surface area contributed by atoms with Gasteiger partial charge in [0.15, 0.2) is 0 Å². The molecule has 0 radical (unpaired) electrons. The molecular weight excluding hydrogens is 1440 g/mol. The molecule has 0 aromatic heterocycles. The number of fused-ring (bicyclic) bond motifs is 5. The number of allylic oxidation sites excluding steroid dienone is 29. The summed E-state index contributed by atoms with van der Waals surface area (Å²) in [5.74, 6) is 3.65. The van der Waals surface area contributed by atoms with Crippen molar-refractivity contribution in [2.45, 2.75) is 231 Å². The summed E-state index contributed by atoms with van der Waals surface area (Å²) in [5, 5.41) is 0. The lowest BCUT2D eigenvalue weighted by molar-refractivity contribution is 0.0325. The van der Waals surface area contributed by atoms with Crippen LogP contribution in [-0.4, -0.2) is 41.5 Å². The molecule has 1 aliphatic heterocycles. The van der Waals surface area contributed by atoms with Gasteiger partial charge in [-0.1, -0.05) is 235 Å². The Bertz CT molecular complexity index is 5280. The highest BCUT2D eigenvalue weighted by molar-refractivity contribution is 5.92. The number of halogens is 2. The molecule has 4 aromatic carbocycles. The van der Waals surface area contributed by atoms with Crippen LogP contribution < -0.4 is 9.64 Å². The molecule has 15 aliphatic rings. The summed E-state index contributed by atoms with van der Waals surface area (Å²) >= 11 is 0. The Kier molecular flexibility index (Phi) is 20.9. The van der Waals surface area contributed by atoms with E-state index in [1.54, 1.807) is 28.9 Å². The van der Waals surface area contributed by atoms with Crippen LogP contribution in [-0.2, 0) is 14.9 Å². The van der Waals surface area contributed by atoms with Gasteiger partial charge in [-0.05, 0) is 315 Å². The molecule has 0 amide bonds. The normalized spacial score (nSPS) is 30.3. The van der Waals surface area contributed by atoms with Gasteiger partial charge in [0.1, 0.15) is 35.7 Å². The smallest absolute Gasteiger partial charge is 0.129 e. The molecule has 19 rings (SSSR count). The fourth-order valence-corrected chi connectivity index (χ4v) is 23.2. The fraction of sp³-hybridized carbons (Fsp3) is 0.400. The van der Waals surface area contributed by atoms with Crippen molar-refractivity contribution in [3.05, 3.63) is 356 Å².